The molecule has 3 unspecified atom stereocenters. The lowest BCUT2D eigenvalue weighted by Gasteiger charge is -2.23. The van der Waals surface area contributed by atoms with Crippen LogP contribution >= 0.6 is 11.8 Å². The molecule has 0 saturated carbocycles. The van der Waals surface area contributed by atoms with Gasteiger partial charge >= 0.3 is 6.18 Å². The smallest absolute Gasteiger partial charge is 0.380 e. The molecule has 4 heterocycles. The maximum atomic E-state index is 13.6. The van der Waals surface area contributed by atoms with Crippen molar-refractivity contribution < 1.29 is 27.1 Å². The highest BCUT2D eigenvalue weighted by Gasteiger charge is 2.40. The zero-order valence-corrected chi connectivity index (χ0v) is 22.0. The largest absolute Gasteiger partial charge is 0.416 e. The Hall–Kier alpha value is -2.70. The van der Waals surface area contributed by atoms with Crippen LogP contribution in [-0.4, -0.2) is 70.0 Å². The third-order valence-electron chi connectivity index (χ3n) is 8.02. The van der Waals surface area contributed by atoms with Crippen LogP contribution in [0.1, 0.15) is 41.2 Å². The lowest BCUT2D eigenvalue weighted by atomic mass is 10.0. The summed E-state index contributed by atoms with van der Waals surface area (Å²) in [7, 11) is 0. The number of thioether (sulfide) groups is 1. The number of aromatic nitrogens is 3. The first-order chi connectivity index (χ1) is 18.7. The molecule has 1 aliphatic carbocycles. The Morgan fingerprint density at radius 3 is 2.90 bits per heavy atom. The van der Waals surface area contributed by atoms with Gasteiger partial charge in [-0.2, -0.15) is 22.7 Å². The monoisotopic (exact) mass is 563 g/mol. The van der Waals surface area contributed by atoms with Crippen molar-refractivity contribution in [1.82, 2.24) is 20.1 Å². The number of anilines is 1. The van der Waals surface area contributed by atoms with Crippen molar-refractivity contribution in [1.29, 1.82) is 0 Å². The minimum atomic E-state index is -4.46. The van der Waals surface area contributed by atoms with Crippen LogP contribution in [0.25, 0.3) is 10.9 Å². The van der Waals surface area contributed by atoms with Crippen LogP contribution in [-0.2, 0) is 22.1 Å². The summed E-state index contributed by atoms with van der Waals surface area (Å²) >= 11 is 1.86. The number of rotatable bonds is 8. The molecular formula is C27H29F4N5O2S. The topological polar surface area (TPSA) is 83.1 Å². The summed E-state index contributed by atoms with van der Waals surface area (Å²) in [4.78, 5) is 19.4. The summed E-state index contributed by atoms with van der Waals surface area (Å²) in [5, 5.41) is 10.5. The Bertz CT molecular complexity index is 1360. The fourth-order valence-corrected chi connectivity index (χ4v) is 7.70. The number of likely N-dealkylation sites (tertiary alicyclic amines) is 1. The maximum Gasteiger partial charge on any atom is 0.416 e. The zero-order chi connectivity index (χ0) is 27.1. The predicted octanol–water partition coefficient (Wildman–Crippen LogP) is 5.00. The highest BCUT2D eigenvalue weighted by atomic mass is 32.2. The van der Waals surface area contributed by atoms with Crippen LogP contribution in [0, 0.1) is 11.9 Å². The number of benzene rings is 1. The zero-order valence-electron chi connectivity index (χ0n) is 21.1. The van der Waals surface area contributed by atoms with E-state index in [0.717, 1.165) is 62.2 Å². The number of aryl methyl sites for hydroxylation is 1. The number of pyridine rings is 1. The number of aromatic amines is 1. The molecule has 39 heavy (non-hydrogen) atoms. The quantitative estimate of drug-likeness (QED) is 0.295. The first-order valence-electron chi connectivity index (χ1n) is 13.2. The van der Waals surface area contributed by atoms with Gasteiger partial charge in [0.15, 0.2) is 11.6 Å². The third kappa shape index (κ3) is 5.64. The van der Waals surface area contributed by atoms with E-state index in [-0.39, 0.29) is 34.6 Å². The Morgan fingerprint density at radius 1 is 1.23 bits per heavy atom. The number of carbonyl (C=O) groups is 1. The molecule has 2 saturated heterocycles. The number of carbonyl (C=O) groups excluding carboxylic acids is 1. The van der Waals surface area contributed by atoms with E-state index in [9.17, 15) is 22.4 Å². The van der Waals surface area contributed by atoms with Gasteiger partial charge in [0.2, 0.25) is 5.95 Å². The van der Waals surface area contributed by atoms with Crippen LogP contribution in [0.3, 0.4) is 0 Å². The molecule has 12 heteroatoms. The van der Waals surface area contributed by atoms with Crippen molar-refractivity contribution in [2.75, 3.05) is 38.2 Å². The van der Waals surface area contributed by atoms with Gasteiger partial charge in [0, 0.05) is 54.2 Å². The van der Waals surface area contributed by atoms with Crippen molar-refractivity contribution in [3.8, 4) is 0 Å². The number of H-pyrrole nitrogens is 1. The summed E-state index contributed by atoms with van der Waals surface area (Å²) in [5.74, 6) is -0.124. The maximum absolute atomic E-state index is 13.6. The second kappa shape index (κ2) is 10.7. The van der Waals surface area contributed by atoms with Gasteiger partial charge < -0.3 is 10.1 Å². The van der Waals surface area contributed by atoms with Crippen molar-refractivity contribution in [3.05, 3.63) is 53.1 Å². The molecule has 2 aromatic heterocycles. The lowest BCUT2D eigenvalue weighted by Crippen LogP contribution is -2.34. The second-order valence-corrected chi connectivity index (χ2v) is 12.0. The minimum absolute atomic E-state index is 0.0196. The van der Waals surface area contributed by atoms with Gasteiger partial charge in [-0.15, -0.1) is 11.8 Å². The molecular weight excluding hydrogens is 534 g/mol. The molecule has 0 radical (unpaired) electrons. The highest BCUT2D eigenvalue weighted by molar-refractivity contribution is 8.00. The molecule has 6 rings (SSSR count). The molecule has 3 aromatic rings. The van der Waals surface area contributed by atoms with E-state index < -0.39 is 17.7 Å². The summed E-state index contributed by atoms with van der Waals surface area (Å²) in [5.41, 5.74) is 1.79. The van der Waals surface area contributed by atoms with E-state index in [1.54, 1.807) is 6.20 Å². The minimum Gasteiger partial charge on any atom is -0.380 e. The number of ether oxygens (including phenoxy) is 1. The van der Waals surface area contributed by atoms with Gasteiger partial charge in [0.25, 0.3) is 0 Å². The summed E-state index contributed by atoms with van der Waals surface area (Å²) < 4.78 is 58.8. The van der Waals surface area contributed by atoms with E-state index >= 15 is 0 Å². The van der Waals surface area contributed by atoms with Gasteiger partial charge in [-0.05, 0) is 60.6 Å². The fourth-order valence-electron chi connectivity index (χ4n) is 5.98. The first kappa shape index (κ1) is 26.5. The van der Waals surface area contributed by atoms with Gasteiger partial charge in [-0.3, -0.25) is 14.8 Å². The molecule has 3 aliphatic rings. The number of alkyl halides is 3. The lowest BCUT2D eigenvalue weighted by molar-refractivity contribution is -0.137. The molecule has 7 nitrogen and oxygen atoms in total. The van der Waals surface area contributed by atoms with E-state index in [4.69, 9.17) is 4.74 Å². The van der Waals surface area contributed by atoms with E-state index in [2.05, 4.69) is 25.4 Å². The molecule has 1 aromatic carbocycles. The van der Waals surface area contributed by atoms with E-state index in [1.807, 2.05) is 11.8 Å². The van der Waals surface area contributed by atoms with Crippen LogP contribution in [0.4, 0.5) is 23.4 Å². The Morgan fingerprint density at radius 2 is 2.10 bits per heavy atom. The number of halogens is 4. The number of hydrogen-bond donors (Lipinski definition) is 2. The average Bonchev–Trinajstić information content (AvgIpc) is 3.69. The molecule has 2 aliphatic heterocycles. The first-order valence-corrected chi connectivity index (χ1v) is 14.1. The van der Waals surface area contributed by atoms with Crippen molar-refractivity contribution >= 4 is 34.3 Å². The number of fused-ring (bicyclic) bond motifs is 2. The molecule has 0 spiro atoms. The van der Waals surface area contributed by atoms with Crippen LogP contribution in [0.15, 0.2) is 30.5 Å². The fraction of sp³-hybridized carbons (Fsp3) is 0.519. The van der Waals surface area contributed by atoms with Crippen molar-refractivity contribution in [2.45, 2.75) is 48.4 Å². The van der Waals surface area contributed by atoms with E-state index in [0.29, 0.717) is 30.0 Å². The third-order valence-corrected chi connectivity index (χ3v) is 9.72. The van der Waals surface area contributed by atoms with Crippen LogP contribution in [0.5, 0.6) is 0 Å². The summed E-state index contributed by atoms with van der Waals surface area (Å²) in [6.07, 6.45) is 0.250. The second-order valence-electron chi connectivity index (χ2n) is 10.6. The average molecular weight is 564 g/mol. The number of nitrogens with one attached hydrogen (secondary N) is 2. The number of hydrogen-bond acceptors (Lipinski definition) is 7. The predicted molar refractivity (Wildman–Crippen MR) is 140 cm³/mol. The Balaban J connectivity index is 1.13. The molecule has 0 amide bonds. The molecule has 4 atom stereocenters. The van der Waals surface area contributed by atoms with Gasteiger partial charge in [-0.25, -0.2) is 4.98 Å². The van der Waals surface area contributed by atoms with Gasteiger partial charge in [0.05, 0.1) is 24.2 Å². The van der Waals surface area contributed by atoms with Gasteiger partial charge in [-0.1, -0.05) is 0 Å². The number of ketones is 1. The Kier molecular flexibility index (Phi) is 7.28. The van der Waals surface area contributed by atoms with Crippen molar-refractivity contribution in [2.24, 2.45) is 5.92 Å². The molecule has 208 valence electrons. The van der Waals surface area contributed by atoms with Crippen LogP contribution < -0.4 is 5.32 Å². The number of Topliss-reactive ketones (excluding diaryl/α,β-unsaturated/α-hetero) is 1. The van der Waals surface area contributed by atoms with E-state index in [1.165, 1.54) is 12.1 Å². The standard InChI is InChI=1S/C27H29F4N5O2S/c28-25-8-15-1-4-23(21(15)11-32-25)39-24-13-36(18-5-6-38-14-18)12-16(24)7-19(37)10-33-26-20-9-17(27(29,30)31)2-3-22(20)34-35-26/h2-3,8-9,11,16,18,23-24H,1,4-7,10,12-14H2,(H2,33,34,35)/t16?,18?,23?,24-/m0/s1. The normalized spacial score (nSPS) is 25.4. The molecule has 0 bridgehead atoms. The Labute approximate surface area is 227 Å². The molecule has 2 fully saturated rings. The molecule has 2 N–H and O–H groups in total. The highest BCUT2D eigenvalue weighted by Crippen LogP contribution is 2.47. The number of nitrogens with zero attached hydrogens (tertiary/aromatic N) is 3. The SMILES string of the molecule is O=C(CNc1n[nH]c2ccc(C(F)(F)F)cc12)CC1CN(C2CCOC2)C[C@@H]1SC1CCc2cc(F)ncc21. The van der Waals surface area contributed by atoms with Crippen LogP contribution in [0.2, 0.25) is 0 Å². The van der Waals surface area contributed by atoms with Gasteiger partial charge in [0.1, 0.15) is 0 Å². The summed E-state index contributed by atoms with van der Waals surface area (Å²) in [6.45, 7) is 3.06. The van der Waals surface area contributed by atoms with Crippen molar-refractivity contribution in [3.63, 3.8) is 0 Å². The summed E-state index contributed by atoms with van der Waals surface area (Å²) in [6, 6.07) is 5.25.